The molecule has 2 aromatic rings. The van der Waals surface area contributed by atoms with E-state index in [1.165, 1.54) is 5.69 Å². The number of piperidine rings is 1. The molecule has 0 aliphatic carbocycles. The molecule has 112 valence electrons. The van der Waals surface area contributed by atoms with Gasteiger partial charge >= 0.3 is 0 Å². The van der Waals surface area contributed by atoms with Gasteiger partial charge in [-0.05, 0) is 38.8 Å². The van der Waals surface area contributed by atoms with Gasteiger partial charge < -0.3 is 10.6 Å². The van der Waals surface area contributed by atoms with Crippen LogP contribution in [0.15, 0.2) is 24.3 Å². The van der Waals surface area contributed by atoms with Crippen LogP contribution in [0.4, 0.5) is 5.69 Å². The molecule has 0 saturated carbocycles. The lowest BCUT2D eigenvalue weighted by Gasteiger charge is -2.32. The Bertz CT molecular complexity index is 642. The average Bonchev–Trinajstić information content (AvgIpc) is 2.76. The zero-order valence-electron chi connectivity index (χ0n) is 12.5. The van der Waals surface area contributed by atoms with Crippen LogP contribution in [0.1, 0.15) is 24.2 Å². The van der Waals surface area contributed by atoms with Crippen LogP contribution in [0.25, 0.3) is 5.69 Å². The minimum absolute atomic E-state index is 0.334. The van der Waals surface area contributed by atoms with E-state index in [2.05, 4.69) is 18.7 Å². The van der Waals surface area contributed by atoms with Crippen molar-refractivity contribution in [2.45, 2.75) is 32.7 Å². The van der Waals surface area contributed by atoms with E-state index in [9.17, 15) is 0 Å². The van der Waals surface area contributed by atoms with Crippen molar-refractivity contribution in [1.82, 2.24) is 9.78 Å². The molecular formula is C16H21ClN4. The molecule has 4 nitrogen and oxygen atoms in total. The summed E-state index contributed by atoms with van der Waals surface area (Å²) in [5, 5.41) is 5.41. The molecule has 0 atom stereocenters. The highest BCUT2D eigenvalue weighted by atomic mass is 35.5. The van der Waals surface area contributed by atoms with Crippen LogP contribution in [0.3, 0.4) is 0 Å². The predicted molar refractivity (Wildman–Crippen MR) is 87.5 cm³/mol. The zero-order chi connectivity index (χ0) is 15.0. The van der Waals surface area contributed by atoms with Crippen LogP contribution < -0.4 is 10.6 Å². The predicted octanol–water partition coefficient (Wildman–Crippen LogP) is 3.07. The number of para-hydroxylation sites is 1. The van der Waals surface area contributed by atoms with Gasteiger partial charge in [-0.3, -0.25) is 0 Å². The number of benzene rings is 1. The molecule has 2 N–H and O–H groups in total. The minimum Gasteiger partial charge on any atom is -0.368 e. The van der Waals surface area contributed by atoms with E-state index in [4.69, 9.17) is 22.4 Å². The first kappa shape index (κ1) is 14.4. The number of nitrogens with two attached hydrogens (primary N) is 1. The summed E-state index contributed by atoms with van der Waals surface area (Å²) in [6.45, 7) is 6.16. The molecule has 1 aromatic heterocycles. The van der Waals surface area contributed by atoms with Crippen molar-refractivity contribution in [3.8, 4) is 5.69 Å². The van der Waals surface area contributed by atoms with E-state index in [-0.39, 0.29) is 0 Å². The Labute approximate surface area is 130 Å². The van der Waals surface area contributed by atoms with Crippen molar-refractivity contribution in [2.24, 2.45) is 5.73 Å². The molecule has 3 rings (SSSR count). The maximum absolute atomic E-state index is 6.31. The molecule has 1 aromatic carbocycles. The van der Waals surface area contributed by atoms with Gasteiger partial charge in [0.25, 0.3) is 0 Å². The molecule has 2 heterocycles. The Kier molecular flexibility index (Phi) is 3.91. The lowest BCUT2D eigenvalue weighted by molar-refractivity contribution is 0.500. The van der Waals surface area contributed by atoms with Gasteiger partial charge in [0.05, 0.1) is 27.8 Å². The normalized spacial score (nSPS) is 16.5. The first-order valence-electron chi connectivity index (χ1n) is 7.39. The van der Waals surface area contributed by atoms with Crippen LogP contribution in [0, 0.1) is 13.8 Å². The first-order valence-corrected chi connectivity index (χ1v) is 7.77. The Hall–Kier alpha value is -1.52. The van der Waals surface area contributed by atoms with Gasteiger partial charge in [0.1, 0.15) is 0 Å². The van der Waals surface area contributed by atoms with Gasteiger partial charge in [-0.1, -0.05) is 23.7 Å². The zero-order valence-corrected chi connectivity index (χ0v) is 13.3. The molecule has 1 saturated heterocycles. The standard InChI is InChI=1S/C16H21ClN4/c1-11-16(20-9-7-13(18)8-10-20)12(2)21(19-11)15-6-4-3-5-14(15)17/h3-6,13H,7-10,18H2,1-2H3. The number of anilines is 1. The first-order chi connectivity index (χ1) is 10.1. The fraction of sp³-hybridized carbons (Fsp3) is 0.438. The summed E-state index contributed by atoms with van der Waals surface area (Å²) in [6.07, 6.45) is 2.08. The van der Waals surface area contributed by atoms with Crippen molar-refractivity contribution < 1.29 is 0 Å². The van der Waals surface area contributed by atoms with E-state index in [1.54, 1.807) is 0 Å². The van der Waals surface area contributed by atoms with E-state index in [1.807, 2.05) is 28.9 Å². The summed E-state index contributed by atoms with van der Waals surface area (Å²) < 4.78 is 1.95. The third-order valence-corrected chi connectivity index (χ3v) is 4.51. The number of nitrogens with zero attached hydrogens (tertiary/aromatic N) is 3. The van der Waals surface area contributed by atoms with Crippen molar-refractivity contribution in [3.63, 3.8) is 0 Å². The Balaban J connectivity index is 1.99. The number of aryl methyl sites for hydroxylation is 1. The fourth-order valence-electron chi connectivity index (χ4n) is 3.07. The van der Waals surface area contributed by atoms with Crippen molar-refractivity contribution in [1.29, 1.82) is 0 Å². The quantitative estimate of drug-likeness (QED) is 0.927. The number of hydrogen-bond donors (Lipinski definition) is 1. The van der Waals surface area contributed by atoms with Crippen molar-refractivity contribution in [3.05, 3.63) is 40.7 Å². The Morgan fingerprint density at radius 1 is 1.19 bits per heavy atom. The Morgan fingerprint density at radius 2 is 1.86 bits per heavy atom. The summed E-state index contributed by atoms with van der Waals surface area (Å²) in [7, 11) is 0. The van der Waals surface area contributed by atoms with Crippen molar-refractivity contribution >= 4 is 17.3 Å². The highest BCUT2D eigenvalue weighted by Gasteiger charge is 2.23. The monoisotopic (exact) mass is 304 g/mol. The maximum atomic E-state index is 6.31. The van der Waals surface area contributed by atoms with Crippen LogP contribution >= 0.6 is 11.6 Å². The van der Waals surface area contributed by atoms with Gasteiger partial charge in [-0.15, -0.1) is 0 Å². The van der Waals surface area contributed by atoms with E-state index in [0.29, 0.717) is 6.04 Å². The third kappa shape index (κ3) is 2.65. The van der Waals surface area contributed by atoms with Gasteiger partial charge in [-0.25, -0.2) is 4.68 Å². The SMILES string of the molecule is Cc1nn(-c2ccccc2Cl)c(C)c1N1CCC(N)CC1. The second-order valence-electron chi connectivity index (χ2n) is 5.71. The molecular weight excluding hydrogens is 284 g/mol. The maximum Gasteiger partial charge on any atom is 0.0835 e. The molecule has 21 heavy (non-hydrogen) atoms. The topological polar surface area (TPSA) is 47.1 Å². The van der Waals surface area contributed by atoms with E-state index < -0.39 is 0 Å². The summed E-state index contributed by atoms with van der Waals surface area (Å²) in [6, 6.07) is 8.15. The van der Waals surface area contributed by atoms with Gasteiger partial charge in [0.15, 0.2) is 0 Å². The van der Waals surface area contributed by atoms with Crippen LogP contribution in [0.2, 0.25) is 5.02 Å². The Morgan fingerprint density at radius 3 is 2.52 bits per heavy atom. The smallest absolute Gasteiger partial charge is 0.0835 e. The number of hydrogen-bond acceptors (Lipinski definition) is 3. The molecule has 5 heteroatoms. The molecule has 0 radical (unpaired) electrons. The molecule has 0 bridgehead atoms. The second-order valence-corrected chi connectivity index (χ2v) is 6.11. The van der Waals surface area contributed by atoms with Crippen LogP contribution in [-0.4, -0.2) is 28.9 Å². The molecule has 1 fully saturated rings. The minimum atomic E-state index is 0.334. The summed E-state index contributed by atoms with van der Waals surface area (Å²) in [5.41, 5.74) is 10.3. The highest BCUT2D eigenvalue weighted by Crippen LogP contribution is 2.30. The summed E-state index contributed by atoms with van der Waals surface area (Å²) >= 11 is 6.31. The second kappa shape index (κ2) is 5.70. The fourth-order valence-corrected chi connectivity index (χ4v) is 3.29. The molecule has 0 spiro atoms. The largest absolute Gasteiger partial charge is 0.368 e. The van der Waals surface area contributed by atoms with Crippen LogP contribution in [-0.2, 0) is 0 Å². The van der Waals surface area contributed by atoms with Crippen LogP contribution in [0.5, 0.6) is 0 Å². The third-order valence-electron chi connectivity index (χ3n) is 4.19. The average molecular weight is 305 g/mol. The molecule has 1 aliphatic heterocycles. The summed E-state index contributed by atoms with van der Waals surface area (Å²) in [5.74, 6) is 0. The molecule has 0 amide bonds. The molecule has 1 aliphatic rings. The summed E-state index contributed by atoms with van der Waals surface area (Å²) in [4.78, 5) is 2.40. The van der Waals surface area contributed by atoms with Gasteiger partial charge in [0.2, 0.25) is 0 Å². The van der Waals surface area contributed by atoms with E-state index >= 15 is 0 Å². The van der Waals surface area contributed by atoms with E-state index in [0.717, 1.165) is 48.0 Å². The lowest BCUT2D eigenvalue weighted by Crippen LogP contribution is -2.40. The van der Waals surface area contributed by atoms with Crippen molar-refractivity contribution in [2.75, 3.05) is 18.0 Å². The van der Waals surface area contributed by atoms with Gasteiger partial charge in [-0.2, -0.15) is 5.10 Å². The highest BCUT2D eigenvalue weighted by molar-refractivity contribution is 6.32. The number of rotatable bonds is 2. The molecule has 0 unspecified atom stereocenters. The van der Waals surface area contributed by atoms with Gasteiger partial charge in [0, 0.05) is 19.1 Å². The lowest BCUT2D eigenvalue weighted by atomic mass is 10.1. The number of aromatic nitrogens is 2. The number of halogens is 1.